The van der Waals surface area contributed by atoms with Crippen molar-refractivity contribution in [3.05, 3.63) is 12.2 Å². The molecule has 5 aliphatic rings. The van der Waals surface area contributed by atoms with Crippen LogP contribution < -0.4 is 0 Å². The lowest BCUT2D eigenvalue weighted by molar-refractivity contribution is -0.137. The van der Waals surface area contributed by atoms with Gasteiger partial charge in [0.1, 0.15) is 0 Å². The molecule has 5 rings (SSSR count). The number of allylic oxidation sites excluding steroid dienone is 2. The molecule has 0 aromatic heterocycles. The lowest BCUT2D eigenvalue weighted by atomic mass is 9.85. The van der Waals surface area contributed by atoms with Crippen LogP contribution >= 0.6 is 0 Å². The maximum absolute atomic E-state index is 12.8. The van der Waals surface area contributed by atoms with Crippen molar-refractivity contribution >= 4 is 31.2 Å². The third-order valence-corrected chi connectivity index (χ3v) is 7.22. The summed E-state index contributed by atoms with van der Waals surface area (Å²) in [6, 6.07) is 0. The van der Waals surface area contributed by atoms with Crippen LogP contribution in [0.5, 0.6) is 0 Å². The van der Waals surface area contributed by atoms with E-state index in [0.717, 1.165) is 16.0 Å². The number of carbonyl (C=O) groups excluding carboxylic acids is 4. The van der Waals surface area contributed by atoms with E-state index in [0.29, 0.717) is 6.42 Å². The summed E-state index contributed by atoms with van der Waals surface area (Å²) in [5.74, 6) is -0.00385. The van der Waals surface area contributed by atoms with Crippen molar-refractivity contribution in [3.63, 3.8) is 0 Å². The fraction of sp³-hybridized carbons (Fsp3) is 0.579. The lowest BCUT2D eigenvalue weighted by Gasteiger charge is -2.23. The number of nitrogens with zero attached hydrogens (tertiary/aromatic N) is 2. The molecule has 4 fully saturated rings. The molecule has 2 saturated carbocycles. The normalized spacial score (nSPS) is 45.5. The Morgan fingerprint density at radius 1 is 0.885 bits per heavy atom. The monoisotopic (exact) mass is 350 g/mol. The molecule has 0 N–H and O–H groups in total. The Bertz CT molecular complexity index is 800. The summed E-state index contributed by atoms with van der Waals surface area (Å²) in [5.41, 5.74) is 0. The maximum Gasteiger partial charge on any atom is 0.376 e. The van der Waals surface area contributed by atoms with Crippen LogP contribution in [0.3, 0.4) is 0 Å². The summed E-state index contributed by atoms with van der Waals surface area (Å²) in [6.45, 7) is 1.93. The second-order valence-corrected chi connectivity index (χ2v) is 8.39. The zero-order chi connectivity index (χ0) is 18.3. The topological polar surface area (TPSA) is 74.8 Å². The minimum absolute atomic E-state index is 0.0342. The van der Waals surface area contributed by atoms with E-state index in [4.69, 9.17) is 6.42 Å². The molecule has 0 aromatic rings. The molecule has 6 nitrogen and oxygen atoms in total. The summed E-state index contributed by atoms with van der Waals surface area (Å²) in [6.07, 6.45) is 11.1. The Labute approximate surface area is 152 Å². The van der Waals surface area contributed by atoms with Crippen LogP contribution in [0, 0.1) is 59.7 Å². The fourth-order valence-electron chi connectivity index (χ4n) is 6.05. The van der Waals surface area contributed by atoms with Crippen molar-refractivity contribution in [2.45, 2.75) is 19.8 Å². The van der Waals surface area contributed by atoms with Crippen molar-refractivity contribution in [1.82, 2.24) is 9.62 Å². The molecule has 0 aromatic carbocycles. The molecule has 3 aliphatic carbocycles. The van der Waals surface area contributed by atoms with E-state index in [2.05, 4.69) is 5.92 Å². The van der Waals surface area contributed by atoms with Crippen molar-refractivity contribution in [1.29, 1.82) is 0 Å². The number of hydrogen-bond acceptors (Lipinski definition) is 4. The second-order valence-electron chi connectivity index (χ2n) is 8.39. The molecule has 2 bridgehead atoms. The smallest absolute Gasteiger partial charge is 0.309 e. The van der Waals surface area contributed by atoms with E-state index in [1.165, 1.54) is 0 Å². The number of carbonyl (C=O) groups is 4. The molecule has 26 heavy (non-hydrogen) atoms. The van der Waals surface area contributed by atoms with Gasteiger partial charge in [-0.15, -0.1) is 12.3 Å². The highest BCUT2D eigenvalue weighted by Gasteiger charge is 2.62. The van der Waals surface area contributed by atoms with Gasteiger partial charge in [0.2, 0.25) is 23.6 Å². The molecule has 8 atom stereocenters. The fourth-order valence-corrected chi connectivity index (χ4v) is 6.05. The summed E-state index contributed by atoms with van der Waals surface area (Å²) < 4.78 is 0. The summed E-state index contributed by atoms with van der Waals surface area (Å²) in [7, 11) is -0.251. The van der Waals surface area contributed by atoms with Gasteiger partial charge in [-0.25, -0.2) is 0 Å². The number of hydrogen-bond donors (Lipinski definition) is 0. The first-order chi connectivity index (χ1) is 12.4. The van der Waals surface area contributed by atoms with Crippen LogP contribution in [-0.4, -0.2) is 40.8 Å². The quantitative estimate of drug-likeness (QED) is 0.303. The largest absolute Gasteiger partial charge is 0.376 e. The molecule has 2 heterocycles. The van der Waals surface area contributed by atoms with E-state index in [-0.39, 0.29) is 66.7 Å². The van der Waals surface area contributed by atoms with Gasteiger partial charge in [0, 0.05) is 5.92 Å². The number of imide groups is 2. The van der Waals surface area contributed by atoms with Crippen LogP contribution in [-0.2, 0) is 19.2 Å². The molecule has 0 unspecified atom stereocenters. The first-order valence-electron chi connectivity index (χ1n) is 9.29. The average molecular weight is 350 g/mol. The standard InChI is InChI=1S/C19H19BN2O4/c1-3-9-6-8(2)12-13(9)17(24)21(16(12)23)20-22-18(25)14-10-4-5-11(7-10)15(14)19(22)26/h1,4-5,8-15,20H,6-7H2,2H3/t8-,9+,10-,11+,12+,13-,14+,15-/m1/s1. The Balaban J connectivity index is 1.40. The highest BCUT2D eigenvalue weighted by molar-refractivity contribution is 6.49. The molecule has 2 saturated heterocycles. The highest BCUT2D eigenvalue weighted by Crippen LogP contribution is 2.53. The van der Waals surface area contributed by atoms with Crippen molar-refractivity contribution in [3.8, 4) is 12.3 Å². The van der Waals surface area contributed by atoms with Crippen molar-refractivity contribution < 1.29 is 19.2 Å². The Hall–Kier alpha value is -2.36. The van der Waals surface area contributed by atoms with E-state index in [1.807, 2.05) is 19.1 Å². The van der Waals surface area contributed by atoms with E-state index in [9.17, 15) is 19.2 Å². The predicted molar refractivity (Wildman–Crippen MR) is 91.7 cm³/mol. The van der Waals surface area contributed by atoms with Gasteiger partial charge in [-0.1, -0.05) is 19.1 Å². The van der Waals surface area contributed by atoms with Crippen molar-refractivity contribution in [2.24, 2.45) is 47.3 Å². The Morgan fingerprint density at radius 3 is 1.92 bits per heavy atom. The average Bonchev–Trinajstić information content (AvgIpc) is 3.38. The SMILES string of the molecule is C#C[C@H]1C[C@@H](C)[C@@H]2C(=O)N(BN3C(=O)[C@@H]4[C@H](C3=O)[C@H]3C=C[C@@H]4C3)C(=O)[C@@H]21. The zero-order valence-corrected chi connectivity index (χ0v) is 14.5. The predicted octanol–water partition coefficient (Wildman–Crippen LogP) is -0.0496. The molecule has 0 radical (unpaired) electrons. The van der Waals surface area contributed by atoms with Gasteiger partial charge in [0.15, 0.2) is 0 Å². The number of rotatable bonds is 2. The minimum Gasteiger partial charge on any atom is -0.309 e. The first-order valence-corrected chi connectivity index (χ1v) is 9.29. The van der Waals surface area contributed by atoms with E-state index >= 15 is 0 Å². The van der Waals surface area contributed by atoms with Gasteiger partial charge in [0.25, 0.3) is 0 Å². The third-order valence-electron chi connectivity index (χ3n) is 7.22. The number of terminal acetylenes is 1. The summed E-state index contributed by atoms with van der Waals surface area (Å²) in [5, 5.41) is 0. The molecule has 2 aliphatic heterocycles. The molecule has 4 amide bonds. The minimum atomic E-state index is -0.507. The van der Waals surface area contributed by atoms with Crippen LogP contribution in [0.4, 0.5) is 0 Å². The molecular formula is C19H19BN2O4. The van der Waals surface area contributed by atoms with Crippen molar-refractivity contribution in [2.75, 3.05) is 0 Å². The summed E-state index contributed by atoms with van der Waals surface area (Å²) in [4.78, 5) is 53.5. The number of fused-ring (bicyclic) bond motifs is 6. The van der Waals surface area contributed by atoms with Gasteiger partial charge in [-0.2, -0.15) is 0 Å². The van der Waals surface area contributed by atoms with Gasteiger partial charge < -0.3 is 9.62 Å². The molecule has 7 heteroatoms. The lowest BCUT2D eigenvalue weighted by Crippen LogP contribution is -2.49. The third kappa shape index (κ3) is 1.75. The Morgan fingerprint density at radius 2 is 1.38 bits per heavy atom. The first kappa shape index (κ1) is 15.9. The maximum atomic E-state index is 12.8. The van der Waals surface area contributed by atoms with Crippen LogP contribution in [0.15, 0.2) is 12.2 Å². The zero-order valence-electron chi connectivity index (χ0n) is 14.5. The van der Waals surface area contributed by atoms with Crippen LogP contribution in [0.2, 0.25) is 0 Å². The molecular weight excluding hydrogens is 331 g/mol. The second kappa shape index (κ2) is 5.09. The van der Waals surface area contributed by atoms with E-state index < -0.39 is 11.8 Å². The van der Waals surface area contributed by atoms with Gasteiger partial charge in [-0.05, 0) is 30.6 Å². The van der Waals surface area contributed by atoms with Gasteiger partial charge >= 0.3 is 7.55 Å². The van der Waals surface area contributed by atoms with Gasteiger partial charge in [0.05, 0.1) is 23.7 Å². The Kier molecular flexibility index (Phi) is 3.11. The van der Waals surface area contributed by atoms with Crippen LogP contribution in [0.25, 0.3) is 0 Å². The molecule has 0 spiro atoms. The van der Waals surface area contributed by atoms with Crippen LogP contribution in [0.1, 0.15) is 19.8 Å². The van der Waals surface area contributed by atoms with E-state index in [1.54, 1.807) is 0 Å². The van der Waals surface area contributed by atoms with Gasteiger partial charge in [-0.3, -0.25) is 19.2 Å². The summed E-state index contributed by atoms with van der Waals surface area (Å²) >= 11 is 0. The highest BCUT2D eigenvalue weighted by atomic mass is 16.2. The molecule has 132 valence electrons. The number of amides is 4.